The second-order valence-electron chi connectivity index (χ2n) is 5.59. The Morgan fingerprint density at radius 1 is 1.46 bits per heavy atom. The van der Waals surface area contributed by atoms with Gasteiger partial charge in [-0.2, -0.15) is 0 Å². The molecule has 0 bridgehead atoms. The van der Waals surface area contributed by atoms with Gasteiger partial charge in [0.2, 0.25) is 11.8 Å². The molecule has 1 unspecified atom stereocenters. The molecule has 0 aliphatic carbocycles. The van der Waals surface area contributed by atoms with E-state index in [1.807, 2.05) is 0 Å². The van der Waals surface area contributed by atoms with E-state index in [-0.39, 0.29) is 18.2 Å². The lowest BCUT2D eigenvalue weighted by molar-refractivity contribution is -0.128. The van der Waals surface area contributed by atoms with E-state index in [1.54, 1.807) is 41.5 Å². The highest BCUT2D eigenvalue weighted by molar-refractivity contribution is 6.31. The monoisotopic (exact) mass is 348 g/mol. The average molecular weight is 349 g/mol. The molecular weight excluding hydrogens is 332 g/mol. The number of nitrogens with one attached hydrogen (secondary N) is 1. The van der Waals surface area contributed by atoms with Gasteiger partial charge in [0.1, 0.15) is 11.5 Å². The molecule has 1 N–H and O–H groups in total. The van der Waals surface area contributed by atoms with Gasteiger partial charge < -0.3 is 19.4 Å². The van der Waals surface area contributed by atoms with Crippen molar-refractivity contribution in [2.45, 2.75) is 13.0 Å². The Morgan fingerprint density at radius 2 is 2.29 bits per heavy atom. The van der Waals surface area contributed by atoms with Crippen molar-refractivity contribution < 1.29 is 18.7 Å². The first kappa shape index (κ1) is 16.4. The molecule has 0 saturated carbocycles. The maximum Gasteiger partial charge on any atom is 0.229 e. The van der Waals surface area contributed by atoms with Gasteiger partial charge in [-0.15, -0.1) is 0 Å². The molecule has 1 fully saturated rings. The van der Waals surface area contributed by atoms with E-state index < -0.39 is 5.92 Å². The molecule has 2 heterocycles. The summed E-state index contributed by atoms with van der Waals surface area (Å²) in [6.07, 6.45) is 1.74. The van der Waals surface area contributed by atoms with Crippen molar-refractivity contribution in [2.75, 3.05) is 19.0 Å². The molecule has 1 saturated heterocycles. The highest BCUT2D eigenvalue weighted by Gasteiger charge is 2.34. The first-order valence-electron chi connectivity index (χ1n) is 7.51. The summed E-state index contributed by atoms with van der Waals surface area (Å²) in [6, 6.07) is 8.56. The molecule has 2 aromatic rings. The number of hydrogen-bond acceptors (Lipinski definition) is 4. The molecule has 0 spiro atoms. The number of hydrogen-bond donors (Lipinski definition) is 1. The number of anilines is 1. The van der Waals surface area contributed by atoms with Gasteiger partial charge in [-0.1, -0.05) is 11.6 Å². The predicted molar refractivity (Wildman–Crippen MR) is 88.9 cm³/mol. The summed E-state index contributed by atoms with van der Waals surface area (Å²) in [5.41, 5.74) is 0.493. The Kier molecular flexibility index (Phi) is 4.76. The van der Waals surface area contributed by atoms with Crippen LogP contribution in [-0.2, 0) is 16.1 Å². The maximum atomic E-state index is 12.5. The van der Waals surface area contributed by atoms with Gasteiger partial charge >= 0.3 is 0 Å². The molecule has 1 aliphatic heterocycles. The molecule has 0 radical (unpaired) electrons. The van der Waals surface area contributed by atoms with Gasteiger partial charge in [-0.25, -0.2) is 0 Å². The van der Waals surface area contributed by atoms with Crippen LogP contribution in [0.15, 0.2) is 41.0 Å². The fourth-order valence-corrected chi connectivity index (χ4v) is 2.88. The lowest BCUT2D eigenvalue weighted by Gasteiger charge is -2.16. The second kappa shape index (κ2) is 6.97. The number of likely N-dealkylation sites (tertiary alicyclic amines) is 1. The summed E-state index contributed by atoms with van der Waals surface area (Å²) in [6.45, 7) is 0.727. The summed E-state index contributed by atoms with van der Waals surface area (Å²) < 4.78 is 10.5. The van der Waals surface area contributed by atoms with Crippen molar-refractivity contribution in [1.82, 2.24) is 4.90 Å². The van der Waals surface area contributed by atoms with E-state index in [9.17, 15) is 9.59 Å². The third-order valence-electron chi connectivity index (χ3n) is 3.93. The van der Waals surface area contributed by atoms with E-state index in [1.165, 1.54) is 7.11 Å². The summed E-state index contributed by atoms with van der Waals surface area (Å²) >= 11 is 5.96. The molecule has 7 heteroatoms. The maximum absolute atomic E-state index is 12.5. The van der Waals surface area contributed by atoms with Gasteiger partial charge in [0.05, 0.1) is 31.5 Å². The van der Waals surface area contributed by atoms with Crippen LogP contribution in [0.2, 0.25) is 5.02 Å². The minimum atomic E-state index is -0.420. The van der Waals surface area contributed by atoms with Crippen molar-refractivity contribution in [3.8, 4) is 5.75 Å². The van der Waals surface area contributed by atoms with E-state index in [2.05, 4.69) is 5.32 Å². The normalized spacial score (nSPS) is 17.2. The standard InChI is InChI=1S/C17H17ClN2O4/c1-23-15-5-4-12(18)8-14(15)19-17(22)11-7-16(21)20(9-11)10-13-3-2-6-24-13/h2-6,8,11H,7,9-10H2,1H3,(H,19,22). The van der Waals surface area contributed by atoms with Crippen molar-refractivity contribution in [2.24, 2.45) is 5.92 Å². The van der Waals surface area contributed by atoms with E-state index in [0.717, 1.165) is 0 Å². The molecule has 1 aromatic heterocycles. The Labute approximate surface area is 144 Å². The Balaban J connectivity index is 1.66. The quantitative estimate of drug-likeness (QED) is 0.901. The second-order valence-corrected chi connectivity index (χ2v) is 6.02. The number of halogens is 1. The fraction of sp³-hybridized carbons (Fsp3) is 0.294. The topological polar surface area (TPSA) is 71.8 Å². The van der Waals surface area contributed by atoms with Gasteiger partial charge in [-0.3, -0.25) is 9.59 Å². The zero-order valence-electron chi connectivity index (χ0n) is 13.1. The molecule has 3 rings (SSSR count). The van der Waals surface area contributed by atoms with E-state index in [4.69, 9.17) is 20.8 Å². The average Bonchev–Trinajstić information content (AvgIpc) is 3.18. The summed E-state index contributed by atoms with van der Waals surface area (Å²) in [7, 11) is 1.52. The molecule has 24 heavy (non-hydrogen) atoms. The highest BCUT2D eigenvalue weighted by Crippen LogP contribution is 2.29. The van der Waals surface area contributed by atoms with Gasteiger partial charge in [0.25, 0.3) is 0 Å². The largest absolute Gasteiger partial charge is 0.495 e. The fourth-order valence-electron chi connectivity index (χ4n) is 2.70. The lowest BCUT2D eigenvalue weighted by atomic mass is 10.1. The van der Waals surface area contributed by atoms with E-state index >= 15 is 0 Å². The van der Waals surface area contributed by atoms with Crippen molar-refractivity contribution >= 4 is 29.1 Å². The summed E-state index contributed by atoms with van der Waals surface area (Å²) in [5.74, 6) is 0.497. The number of carbonyl (C=O) groups is 2. The third kappa shape index (κ3) is 3.54. The number of rotatable bonds is 5. The number of benzene rings is 1. The van der Waals surface area contributed by atoms with Crippen LogP contribution in [0.25, 0.3) is 0 Å². The van der Waals surface area contributed by atoms with Gasteiger partial charge in [0.15, 0.2) is 0 Å². The highest BCUT2D eigenvalue weighted by atomic mass is 35.5. The van der Waals surface area contributed by atoms with Crippen LogP contribution in [0.3, 0.4) is 0 Å². The zero-order chi connectivity index (χ0) is 17.1. The summed E-state index contributed by atoms with van der Waals surface area (Å²) in [4.78, 5) is 26.2. The number of nitrogens with zero attached hydrogens (tertiary/aromatic N) is 1. The molecule has 1 aromatic carbocycles. The molecule has 1 atom stereocenters. The first-order chi connectivity index (χ1) is 11.6. The number of furan rings is 1. The smallest absolute Gasteiger partial charge is 0.229 e. The summed E-state index contributed by atoms with van der Waals surface area (Å²) in [5, 5.41) is 3.29. The predicted octanol–water partition coefficient (Wildman–Crippen LogP) is 2.93. The van der Waals surface area contributed by atoms with E-state index in [0.29, 0.717) is 35.3 Å². The molecule has 2 amide bonds. The number of ether oxygens (including phenoxy) is 1. The molecular formula is C17H17ClN2O4. The molecule has 1 aliphatic rings. The first-order valence-corrected chi connectivity index (χ1v) is 7.89. The van der Waals surface area contributed by atoms with Gasteiger partial charge in [-0.05, 0) is 30.3 Å². The molecule has 6 nitrogen and oxygen atoms in total. The van der Waals surface area contributed by atoms with Crippen LogP contribution in [-0.4, -0.2) is 30.4 Å². The lowest BCUT2D eigenvalue weighted by Crippen LogP contribution is -2.28. The number of carbonyl (C=O) groups excluding carboxylic acids is 2. The zero-order valence-corrected chi connectivity index (χ0v) is 13.9. The van der Waals surface area contributed by atoms with Crippen LogP contribution in [0.1, 0.15) is 12.2 Å². The van der Waals surface area contributed by atoms with Gasteiger partial charge in [0, 0.05) is 18.0 Å². The van der Waals surface area contributed by atoms with Crippen molar-refractivity contribution in [3.05, 3.63) is 47.4 Å². The third-order valence-corrected chi connectivity index (χ3v) is 4.17. The van der Waals surface area contributed by atoms with Crippen LogP contribution >= 0.6 is 11.6 Å². The SMILES string of the molecule is COc1ccc(Cl)cc1NC(=O)C1CC(=O)N(Cc2ccco2)C1. The van der Waals surface area contributed by atoms with Crippen LogP contribution in [0, 0.1) is 5.92 Å². The number of methoxy groups -OCH3 is 1. The minimum Gasteiger partial charge on any atom is -0.495 e. The van der Waals surface area contributed by atoms with Crippen LogP contribution in [0.4, 0.5) is 5.69 Å². The van der Waals surface area contributed by atoms with Crippen molar-refractivity contribution in [1.29, 1.82) is 0 Å². The Morgan fingerprint density at radius 3 is 3.00 bits per heavy atom. The molecule has 126 valence electrons. The van der Waals surface area contributed by atoms with Crippen LogP contribution < -0.4 is 10.1 Å². The van der Waals surface area contributed by atoms with Crippen molar-refractivity contribution in [3.63, 3.8) is 0 Å². The minimum absolute atomic E-state index is 0.0652. The number of amides is 2. The Hall–Kier alpha value is -2.47. The Bertz CT molecular complexity index is 745. The van der Waals surface area contributed by atoms with Crippen LogP contribution in [0.5, 0.6) is 5.75 Å².